The van der Waals surface area contributed by atoms with Gasteiger partial charge in [-0.25, -0.2) is 0 Å². The van der Waals surface area contributed by atoms with Gasteiger partial charge in [-0.2, -0.15) is 14.4 Å². The van der Waals surface area contributed by atoms with E-state index in [1.165, 1.54) is 0 Å². The van der Waals surface area contributed by atoms with Crippen LogP contribution < -0.4 is 4.72 Å². The van der Waals surface area contributed by atoms with E-state index in [0.29, 0.717) is 17.1 Å². The third-order valence-electron chi connectivity index (χ3n) is 5.28. The minimum atomic E-state index is -3.73. The fourth-order valence-electron chi connectivity index (χ4n) is 3.43. The van der Waals surface area contributed by atoms with E-state index in [0.717, 1.165) is 26.9 Å². The number of nitrogens with one attached hydrogen (secondary N) is 1. The molecule has 0 radical (unpaired) electrons. The fourth-order valence-corrected chi connectivity index (χ4v) is 5.77. The van der Waals surface area contributed by atoms with Gasteiger partial charge in [0.05, 0.1) is 11.4 Å². The third kappa shape index (κ3) is 4.52. The van der Waals surface area contributed by atoms with Gasteiger partial charge in [0.15, 0.2) is 37.1 Å². The minimum absolute atomic E-state index is 0.169. The lowest BCUT2D eigenvalue weighted by Crippen LogP contribution is -2.21. The van der Waals surface area contributed by atoms with Gasteiger partial charge in [-0.1, -0.05) is 28.5 Å². The minimum Gasteiger partial charge on any atom is -0.588 e. The van der Waals surface area contributed by atoms with Gasteiger partial charge in [0.25, 0.3) is 0 Å². The van der Waals surface area contributed by atoms with E-state index >= 15 is 0 Å². The van der Waals surface area contributed by atoms with E-state index in [-0.39, 0.29) is 4.90 Å². The molecule has 160 valence electrons. The van der Waals surface area contributed by atoms with Crippen LogP contribution in [0.15, 0.2) is 76.5 Å². The first-order valence-electron chi connectivity index (χ1n) is 9.75. The normalized spacial score (nSPS) is 14.4. The van der Waals surface area contributed by atoms with Crippen LogP contribution in [0.5, 0.6) is 0 Å². The van der Waals surface area contributed by atoms with Crippen molar-refractivity contribution in [2.24, 2.45) is 7.05 Å². The molecule has 31 heavy (non-hydrogen) atoms. The molecule has 0 fully saturated rings. The quantitative estimate of drug-likeness (QED) is 0.407. The molecule has 2 atom stereocenters. The molecule has 0 aliphatic rings. The average Bonchev–Trinajstić information content (AvgIpc) is 2.99. The van der Waals surface area contributed by atoms with Gasteiger partial charge >= 0.3 is 0 Å². The summed E-state index contributed by atoms with van der Waals surface area (Å²) in [6.45, 7) is 3.58. The number of hydrogen-bond acceptors (Lipinski definition) is 4. The summed E-state index contributed by atoms with van der Waals surface area (Å²) in [4.78, 5) is 1.03. The highest BCUT2D eigenvalue weighted by molar-refractivity contribution is 7.99. The van der Waals surface area contributed by atoms with Crippen molar-refractivity contribution in [3.63, 3.8) is 0 Å². The van der Waals surface area contributed by atoms with Crippen molar-refractivity contribution in [2.75, 3.05) is 4.72 Å². The molecule has 6 nitrogen and oxygen atoms in total. The number of anilines is 1. The first kappa shape index (κ1) is 21.6. The zero-order chi connectivity index (χ0) is 22.2. The molecule has 0 saturated heterocycles. The van der Waals surface area contributed by atoms with Gasteiger partial charge in [0.2, 0.25) is 0 Å². The van der Waals surface area contributed by atoms with E-state index in [2.05, 4.69) is 9.82 Å². The molecular weight excluding hydrogens is 430 g/mol. The molecule has 0 aliphatic heterocycles. The van der Waals surface area contributed by atoms with Gasteiger partial charge in [-0.05, 0) is 61.0 Å². The van der Waals surface area contributed by atoms with Crippen molar-refractivity contribution in [3.05, 3.63) is 83.7 Å². The lowest BCUT2D eigenvalue weighted by Gasteiger charge is -2.16. The third-order valence-corrected chi connectivity index (χ3v) is 8.05. The van der Waals surface area contributed by atoms with E-state index in [1.807, 2.05) is 49.4 Å². The summed E-state index contributed by atoms with van der Waals surface area (Å²) in [7, 11) is -1.96. The largest absolute Gasteiger partial charge is 0.588 e. The van der Waals surface area contributed by atoms with Crippen molar-refractivity contribution in [2.45, 2.75) is 29.4 Å². The van der Waals surface area contributed by atoms with Crippen LogP contribution in [-0.4, -0.2) is 18.9 Å². The van der Waals surface area contributed by atoms with Gasteiger partial charge in [0.1, 0.15) is 5.69 Å². The number of aromatic nitrogens is 2. The molecule has 0 bridgehead atoms. The van der Waals surface area contributed by atoms with Crippen LogP contribution in [0.1, 0.15) is 17.0 Å². The standard InChI is InChI=1S/C23H24N3O3S2/c1-16-23(17(2)26(3)24-16)25-31(28,29)22-12-8-18(9-13-22)15-30(27)21-11-10-19-6-4-5-7-20(19)14-21/h4-14,27H,15H2,1-3H3,(H-,25,28,29)/q+1. The van der Waals surface area contributed by atoms with E-state index < -0.39 is 21.6 Å². The summed E-state index contributed by atoms with van der Waals surface area (Å²) in [5, 5.41) is 6.46. The molecule has 0 amide bonds. The van der Waals surface area contributed by atoms with Gasteiger partial charge < -0.3 is 4.55 Å². The highest BCUT2D eigenvalue weighted by atomic mass is 32.3. The fraction of sp³-hybridized carbons (Fsp3) is 0.174. The molecule has 0 spiro atoms. The maximum Gasteiger partial charge on any atom is 0.190 e. The highest BCUT2D eigenvalue weighted by Crippen LogP contribution is 2.27. The maximum absolute atomic E-state index is 12.8. The van der Waals surface area contributed by atoms with Crippen LogP contribution in [0.2, 0.25) is 0 Å². The zero-order valence-electron chi connectivity index (χ0n) is 17.5. The number of rotatable bonds is 6. The number of sulfonamides is 1. The lowest BCUT2D eigenvalue weighted by molar-refractivity contribution is 0.483. The molecule has 2 N–H and O–H groups in total. The summed E-state index contributed by atoms with van der Waals surface area (Å²) >= 11 is -0.979. The number of benzene rings is 3. The van der Waals surface area contributed by atoms with Gasteiger partial charge in [0, 0.05) is 18.7 Å². The number of aryl methyl sites for hydroxylation is 2. The predicted octanol–water partition coefficient (Wildman–Crippen LogP) is 4.86. The topological polar surface area (TPSA) is 90.2 Å². The Kier molecular flexibility index (Phi) is 5.90. The van der Waals surface area contributed by atoms with Crippen LogP contribution >= 0.6 is 0 Å². The molecule has 4 rings (SSSR count). The smallest absolute Gasteiger partial charge is 0.190 e. The Morgan fingerprint density at radius 3 is 2.39 bits per heavy atom. The molecule has 4 aromatic rings. The van der Waals surface area contributed by atoms with Crippen LogP contribution in [0.4, 0.5) is 5.69 Å². The summed E-state index contributed by atoms with van der Waals surface area (Å²) in [6.07, 6.45) is 0. The van der Waals surface area contributed by atoms with Crippen LogP contribution in [0.3, 0.4) is 0 Å². The van der Waals surface area contributed by atoms with Crippen LogP contribution in [-0.2, 0) is 38.6 Å². The number of fused-ring (bicyclic) bond motifs is 1. The monoisotopic (exact) mass is 454 g/mol. The van der Waals surface area contributed by atoms with E-state index in [1.54, 1.807) is 42.9 Å². The Hall–Kier alpha value is -2.65. The predicted molar refractivity (Wildman–Crippen MR) is 126 cm³/mol. The molecule has 0 aliphatic carbocycles. The highest BCUT2D eigenvalue weighted by Gasteiger charge is 2.25. The van der Waals surface area contributed by atoms with Crippen molar-refractivity contribution >= 4 is 38.0 Å². The Morgan fingerprint density at radius 2 is 1.74 bits per heavy atom. The Labute approximate surface area is 185 Å². The van der Waals surface area contributed by atoms with Gasteiger partial charge in [-0.3, -0.25) is 4.68 Å². The summed E-state index contributed by atoms with van der Waals surface area (Å²) in [5.74, 6) is 0.424. The molecule has 0 saturated carbocycles. The summed E-state index contributed by atoms with van der Waals surface area (Å²) < 4.78 is 40.6. The molecule has 3 aromatic carbocycles. The summed E-state index contributed by atoms with van der Waals surface area (Å²) in [5.41, 5.74) is 2.74. The zero-order valence-corrected chi connectivity index (χ0v) is 19.2. The SMILES string of the molecule is Cc1nn(C)c(C)c1N[S+](=O)([O-])c1ccc(C[S+](O)c2ccc3ccccc3c2)cc1. The molecule has 2 unspecified atom stereocenters. The first-order valence-corrected chi connectivity index (χ1v) is 12.6. The second-order valence-electron chi connectivity index (χ2n) is 7.44. The molecular formula is C23H24N3O3S2+. The van der Waals surface area contributed by atoms with Crippen LogP contribution in [0.25, 0.3) is 10.8 Å². The van der Waals surface area contributed by atoms with Crippen LogP contribution in [0, 0.1) is 13.8 Å². The maximum atomic E-state index is 12.8. The molecule has 1 heterocycles. The van der Waals surface area contributed by atoms with E-state index in [9.17, 15) is 13.3 Å². The van der Waals surface area contributed by atoms with Crippen molar-refractivity contribution in [1.82, 2.24) is 9.78 Å². The number of nitrogens with zero attached hydrogens (tertiary/aromatic N) is 2. The average molecular weight is 455 g/mol. The Morgan fingerprint density at radius 1 is 1.06 bits per heavy atom. The summed E-state index contributed by atoms with van der Waals surface area (Å²) in [6, 6.07) is 20.6. The van der Waals surface area contributed by atoms with E-state index in [4.69, 9.17) is 0 Å². The Bertz CT molecular complexity index is 1290. The van der Waals surface area contributed by atoms with Crippen molar-refractivity contribution in [1.29, 1.82) is 0 Å². The molecule has 8 heteroatoms. The number of hydrogen-bond donors (Lipinski definition) is 2. The van der Waals surface area contributed by atoms with Gasteiger partial charge in [-0.15, -0.1) is 0 Å². The molecule has 1 aromatic heterocycles. The van der Waals surface area contributed by atoms with Crippen molar-refractivity contribution in [3.8, 4) is 0 Å². The van der Waals surface area contributed by atoms with Crippen molar-refractivity contribution < 1.29 is 13.3 Å². The second kappa shape index (κ2) is 8.47. The Balaban J connectivity index is 1.49. The second-order valence-corrected chi connectivity index (χ2v) is 10.6. The lowest BCUT2D eigenvalue weighted by atomic mass is 10.1. The first-order chi connectivity index (χ1) is 14.7.